The lowest BCUT2D eigenvalue weighted by atomic mass is 9.95. The Morgan fingerprint density at radius 3 is 2.14 bits per heavy atom. The predicted octanol–water partition coefficient (Wildman–Crippen LogP) is -4.42. The molecule has 2 heterocycles. The van der Waals surface area contributed by atoms with Gasteiger partial charge in [-0.25, -0.2) is 4.79 Å². The largest absolute Gasteiger partial charge is 0.467 e. The average Bonchev–Trinajstić information content (AvgIpc) is 2.70. The quantitative estimate of drug-likeness (QED) is 0.224. The van der Waals surface area contributed by atoms with Crippen LogP contribution < -0.4 is 5.32 Å². The Kier molecular flexibility index (Phi) is 8.28. The van der Waals surface area contributed by atoms with Crippen LogP contribution in [-0.4, -0.2) is 120 Å². The topological polar surface area (TPSA) is 193 Å². The first kappa shape index (κ1) is 23.9. The summed E-state index contributed by atoms with van der Waals surface area (Å²) in [4.78, 5) is 23.6. The normalized spacial score (nSPS) is 42.9. The summed E-state index contributed by atoms with van der Waals surface area (Å²) in [7, 11) is 2.31. The molecule has 0 aliphatic carbocycles. The number of amides is 1. The van der Waals surface area contributed by atoms with E-state index < -0.39 is 79.8 Å². The second kappa shape index (κ2) is 10.1. The highest BCUT2D eigenvalue weighted by Gasteiger charge is 2.53. The molecule has 1 amide bonds. The Bertz CT molecular complexity index is 574. The summed E-state index contributed by atoms with van der Waals surface area (Å²) >= 11 is 0. The number of methoxy groups -OCH3 is 2. The molecule has 2 fully saturated rings. The number of aliphatic hydroxyl groups excluding tert-OH is 5. The predicted molar refractivity (Wildman–Crippen MR) is 89.9 cm³/mol. The number of aliphatic hydroxyl groups is 5. The van der Waals surface area contributed by atoms with Crippen LogP contribution in [0.5, 0.6) is 0 Å². The number of carbonyl (C=O) groups is 2. The molecule has 0 radical (unpaired) electrons. The first-order chi connectivity index (χ1) is 13.7. The first-order valence-corrected chi connectivity index (χ1v) is 8.83. The molecule has 0 aromatic rings. The van der Waals surface area contributed by atoms with Crippen molar-refractivity contribution >= 4 is 11.9 Å². The fourth-order valence-corrected chi connectivity index (χ4v) is 3.23. The molecule has 2 aliphatic rings. The number of hydrogen-bond donors (Lipinski definition) is 6. The summed E-state index contributed by atoms with van der Waals surface area (Å²) in [5, 5.41) is 52.4. The molecule has 0 bridgehead atoms. The molecule has 2 aliphatic heterocycles. The molecule has 0 saturated carbocycles. The summed E-state index contributed by atoms with van der Waals surface area (Å²) < 4.78 is 25.9. The van der Waals surface area contributed by atoms with E-state index in [1.54, 1.807) is 0 Å². The Balaban J connectivity index is 2.29. The van der Waals surface area contributed by atoms with Crippen molar-refractivity contribution < 1.29 is 58.8 Å². The van der Waals surface area contributed by atoms with Crippen molar-refractivity contribution in [2.45, 2.75) is 68.3 Å². The first-order valence-electron chi connectivity index (χ1n) is 8.83. The Labute approximate surface area is 166 Å². The summed E-state index contributed by atoms with van der Waals surface area (Å²) in [5.41, 5.74) is 0. The number of esters is 1. The molecule has 13 heteroatoms. The smallest absolute Gasteiger partial charge is 0.337 e. The van der Waals surface area contributed by atoms with Gasteiger partial charge in [0.2, 0.25) is 5.91 Å². The van der Waals surface area contributed by atoms with Crippen LogP contribution in [0.1, 0.15) is 6.92 Å². The monoisotopic (exact) mass is 425 g/mol. The molecule has 168 valence electrons. The van der Waals surface area contributed by atoms with Gasteiger partial charge >= 0.3 is 5.97 Å². The lowest BCUT2D eigenvalue weighted by Gasteiger charge is -2.46. The van der Waals surface area contributed by atoms with Gasteiger partial charge in [-0.3, -0.25) is 4.79 Å². The number of carbonyl (C=O) groups excluding carboxylic acids is 2. The van der Waals surface area contributed by atoms with Crippen molar-refractivity contribution in [2.75, 3.05) is 20.8 Å². The minimum absolute atomic E-state index is 0.525. The van der Waals surface area contributed by atoms with Crippen LogP contribution in [0.4, 0.5) is 0 Å². The minimum atomic E-state index is -1.78. The van der Waals surface area contributed by atoms with Gasteiger partial charge in [-0.05, 0) is 0 Å². The average molecular weight is 425 g/mol. The number of hydrogen-bond acceptors (Lipinski definition) is 12. The highest BCUT2D eigenvalue weighted by atomic mass is 16.7. The molecule has 0 spiro atoms. The maximum Gasteiger partial charge on any atom is 0.337 e. The van der Waals surface area contributed by atoms with Gasteiger partial charge in [0, 0.05) is 14.0 Å². The molecular formula is C16H27NO12. The molecule has 2 rings (SSSR count). The second-order valence-corrected chi connectivity index (χ2v) is 6.70. The summed E-state index contributed by atoms with van der Waals surface area (Å²) in [6.07, 6.45) is -14.0. The van der Waals surface area contributed by atoms with Crippen LogP contribution in [0.15, 0.2) is 0 Å². The third kappa shape index (κ3) is 5.02. The Morgan fingerprint density at radius 1 is 0.966 bits per heavy atom. The molecule has 29 heavy (non-hydrogen) atoms. The van der Waals surface area contributed by atoms with E-state index in [-0.39, 0.29) is 0 Å². The van der Waals surface area contributed by atoms with Crippen LogP contribution in [0.2, 0.25) is 0 Å². The van der Waals surface area contributed by atoms with Crippen molar-refractivity contribution in [1.82, 2.24) is 5.32 Å². The molecule has 13 nitrogen and oxygen atoms in total. The van der Waals surface area contributed by atoms with Gasteiger partial charge in [-0.15, -0.1) is 0 Å². The molecule has 0 aromatic heterocycles. The lowest BCUT2D eigenvalue weighted by molar-refractivity contribution is -0.342. The van der Waals surface area contributed by atoms with E-state index in [0.717, 1.165) is 7.11 Å². The SMILES string of the molecule is COC(=O)[C@@H]1O[C@@H](OC)[C@@H](NC(C)=O)[C@@H](O)[C@@H]1O[C@@H]1O[C@@H](CO)[C@H](O)[C@H](O)[C@@H]1O. The van der Waals surface area contributed by atoms with Crippen LogP contribution in [0.25, 0.3) is 0 Å². The van der Waals surface area contributed by atoms with Crippen molar-refractivity contribution in [3.63, 3.8) is 0 Å². The molecule has 2 saturated heterocycles. The molecule has 6 N–H and O–H groups in total. The van der Waals surface area contributed by atoms with E-state index in [9.17, 15) is 35.1 Å². The maximum absolute atomic E-state index is 12.2. The van der Waals surface area contributed by atoms with E-state index in [1.807, 2.05) is 0 Å². The number of rotatable bonds is 6. The van der Waals surface area contributed by atoms with Crippen molar-refractivity contribution in [2.24, 2.45) is 0 Å². The van der Waals surface area contributed by atoms with Crippen molar-refractivity contribution in [1.29, 1.82) is 0 Å². The maximum atomic E-state index is 12.2. The summed E-state index contributed by atoms with van der Waals surface area (Å²) in [5.74, 6) is -1.47. The van der Waals surface area contributed by atoms with Crippen molar-refractivity contribution in [3.8, 4) is 0 Å². The van der Waals surface area contributed by atoms with Crippen LogP contribution >= 0.6 is 0 Å². The Morgan fingerprint density at radius 2 is 1.62 bits per heavy atom. The fraction of sp³-hybridized carbons (Fsp3) is 0.875. The van der Waals surface area contributed by atoms with Gasteiger partial charge < -0.3 is 54.5 Å². The van der Waals surface area contributed by atoms with Gasteiger partial charge in [-0.1, -0.05) is 0 Å². The van der Waals surface area contributed by atoms with Gasteiger partial charge in [0.15, 0.2) is 18.7 Å². The molecular weight excluding hydrogens is 398 g/mol. The highest BCUT2D eigenvalue weighted by Crippen LogP contribution is 2.30. The van der Waals surface area contributed by atoms with Gasteiger partial charge in [0.05, 0.1) is 13.7 Å². The minimum Gasteiger partial charge on any atom is -0.467 e. The van der Waals surface area contributed by atoms with E-state index in [2.05, 4.69) is 10.1 Å². The number of ether oxygens (including phenoxy) is 5. The summed E-state index contributed by atoms with van der Waals surface area (Å²) in [6.45, 7) is 0.495. The van der Waals surface area contributed by atoms with Crippen LogP contribution in [0.3, 0.4) is 0 Å². The zero-order valence-corrected chi connectivity index (χ0v) is 16.1. The van der Waals surface area contributed by atoms with Crippen LogP contribution in [-0.2, 0) is 33.3 Å². The molecule has 10 atom stereocenters. The molecule has 0 aromatic carbocycles. The molecule has 0 unspecified atom stereocenters. The highest BCUT2D eigenvalue weighted by molar-refractivity contribution is 5.76. The standard InChI is InChI=1S/C16H27NO12/c1-5(19)17-7-9(21)12(13(14(24)25-2)29-15(7)26-3)28-16-11(23)10(22)8(20)6(4-18)27-16/h6-13,15-16,18,20-23H,4H2,1-3H3,(H,17,19)/t6-,7-,8-,9+,10-,11-,12-,13+,15+,16-/m0/s1. The van der Waals surface area contributed by atoms with E-state index in [4.69, 9.17) is 18.9 Å². The van der Waals surface area contributed by atoms with Gasteiger partial charge in [0.25, 0.3) is 0 Å². The van der Waals surface area contributed by atoms with Crippen molar-refractivity contribution in [3.05, 3.63) is 0 Å². The Hall–Kier alpha value is -1.42. The zero-order valence-electron chi connectivity index (χ0n) is 16.1. The van der Waals surface area contributed by atoms with E-state index in [1.165, 1.54) is 14.0 Å². The third-order valence-electron chi connectivity index (χ3n) is 4.75. The van der Waals surface area contributed by atoms with E-state index >= 15 is 0 Å². The lowest BCUT2D eigenvalue weighted by Crippen LogP contribution is -2.68. The zero-order chi connectivity index (χ0) is 21.9. The summed E-state index contributed by atoms with van der Waals surface area (Å²) in [6, 6.07) is -1.16. The fourth-order valence-electron chi connectivity index (χ4n) is 3.23. The van der Waals surface area contributed by atoms with Crippen LogP contribution in [0, 0.1) is 0 Å². The second-order valence-electron chi connectivity index (χ2n) is 6.70. The third-order valence-corrected chi connectivity index (χ3v) is 4.75. The van der Waals surface area contributed by atoms with E-state index in [0.29, 0.717) is 0 Å². The van der Waals surface area contributed by atoms with Gasteiger partial charge in [0.1, 0.15) is 42.7 Å². The van der Waals surface area contributed by atoms with Gasteiger partial charge in [-0.2, -0.15) is 0 Å². The number of nitrogens with one attached hydrogen (secondary N) is 1.